The van der Waals surface area contributed by atoms with Crippen LogP contribution in [0.3, 0.4) is 0 Å². The zero-order chi connectivity index (χ0) is 17.3. The Balaban J connectivity index is 2.22. The Labute approximate surface area is 160 Å². The van der Waals surface area contributed by atoms with Crippen LogP contribution >= 0.6 is 31.9 Å². The first-order chi connectivity index (χ1) is 11.5. The molecule has 3 heteroatoms. The molecular formula is C21H19Br2N. The number of anilines is 3. The van der Waals surface area contributed by atoms with E-state index in [-0.39, 0.29) is 0 Å². The number of hydrogen-bond donors (Lipinski definition) is 0. The van der Waals surface area contributed by atoms with Gasteiger partial charge in [-0.1, -0.05) is 49.6 Å². The number of nitrogens with zero attached hydrogens (tertiary/aromatic N) is 1. The molecule has 0 fully saturated rings. The van der Waals surface area contributed by atoms with Gasteiger partial charge >= 0.3 is 0 Å². The Kier molecular flexibility index (Phi) is 5.12. The van der Waals surface area contributed by atoms with Crippen molar-refractivity contribution in [3.8, 4) is 0 Å². The molecule has 0 unspecified atom stereocenters. The molecule has 0 N–H and O–H groups in total. The molecule has 3 rings (SSSR count). The largest absolute Gasteiger partial charge is 0.310 e. The van der Waals surface area contributed by atoms with Gasteiger partial charge in [-0.25, -0.2) is 0 Å². The Morgan fingerprint density at radius 3 is 1.38 bits per heavy atom. The van der Waals surface area contributed by atoms with Crippen LogP contribution in [0.1, 0.15) is 16.7 Å². The van der Waals surface area contributed by atoms with Crippen LogP contribution in [0.2, 0.25) is 0 Å². The summed E-state index contributed by atoms with van der Waals surface area (Å²) < 4.78 is 2.17. The summed E-state index contributed by atoms with van der Waals surface area (Å²) in [7, 11) is 0. The van der Waals surface area contributed by atoms with E-state index in [0.29, 0.717) is 0 Å². The van der Waals surface area contributed by atoms with E-state index >= 15 is 0 Å². The van der Waals surface area contributed by atoms with E-state index in [9.17, 15) is 0 Å². The average molecular weight is 445 g/mol. The molecule has 0 saturated heterocycles. The Bertz CT molecular complexity index is 784. The molecule has 0 aliphatic carbocycles. The third-order valence-corrected chi connectivity index (χ3v) is 5.09. The molecule has 122 valence electrons. The second kappa shape index (κ2) is 7.12. The molecule has 0 amide bonds. The zero-order valence-electron chi connectivity index (χ0n) is 14.0. The van der Waals surface area contributed by atoms with Crippen molar-refractivity contribution >= 4 is 48.9 Å². The zero-order valence-corrected chi connectivity index (χ0v) is 17.1. The molecule has 0 bridgehead atoms. The summed E-state index contributed by atoms with van der Waals surface area (Å²) in [5, 5.41) is 0. The normalized spacial score (nSPS) is 10.7. The van der Waals surface area contributed by atoms with E-state index in [2.05, 4.69) is 118 Å². The van der Waals surface area contributed by atoms with Gasteiger partial charge in [-0.3, -0.25) is 0 Å². The minimum Gasteiger partial charge on any atom is -0.310 e. The minimum atomic E-state index is 1.08. The van der Waals surface area contributed by atoms with Crippen LogP contribution in [0.4, 0.5) is 17.1 Å². The highest BCUT2D eigenvalue weighted by atomic mass is 79.9. The van der Waals surface area contributed by atoms with E-state index in [4.69, 9.17) is 0 Å². The van der Waals surface area contributed by atoms with Crippen LogP contribution in [-0.4, -0.2) is 0 Å². The van der Waals surface area contributed by atoms with Crippen molar-refractivity contribution in [2.75, 3.05) is 4.90 Å². The first kappa shape index (κ1) is 17.2. The predicted octanol–water partition coefficient (Wildman–Crippen LogP) is 7.61. The SMILES string of the molecule is Cc1cc(C)c(N(c2ccc(Br)cc2)c2ccc(Br)cc2)c(C)c1. The summed E-state index contributed by atoms with van der Waals surface area (Å²) in [6.07, 6.45) is 0. The van der Waals surface area contributed by atoms with Crippen LogP contribution in [0.5, 0.6) is 0 Å². The molecule has 0 aromatic heterocycles. The predicted molar refractivity (Wildman–Crippen MR) is 111 cm³/mol. The molecule has 0 spiro atoms. The fourth-order valence-corrected chi connectivity index (χ4v) is 3.64. The monoisotopic (exact) mass is 443 g/mol. The van der Waals surface area contributed by atoms with Gasteiger partial charge in [0.15, 0.2) is 0 Å². The fourth-order valence-electron chi connectivity index (χ4n) is 3.11. The van der Waals surface area contributed by atoms with Crippen molar-refractivity contribution in [3.05, 3.63) is 86.3 Å². The number of hydrogen-bond acceptors (Lipinski definition) is 1. The highest BCUT2D eigenvalue weighted by Crippen LogP contribution is 2.39. The van der Waals surface area contributed by atoms with E-state index in [1.165, 1.54) is 22.4 Å². The highest BCUT2D eigenvalue weighted by Gasteiger charge is 2.17. The van der Waals surface area contributed by atoms with Gasteiger partial charge in [-0.2, -0.15) is 0 Å². The summed E-state index contributed by atoms with van der Waals surface area (Å²) in [6, 6.07) is 21.4. The van der Waals surface area contributed by atoms with Crippen LogP contribution in [0, 0.1) is 20.8 Å². The first-order valence-corrected chi connectivity index (χ1v) is 9.43. The molecule has 24 heavy (non-hydrogen) atoms. The van der Waals surface area contributed by atoms with Crippen molar-refractivity contribution < 1.29 is 0 Å². The summed E-state index contributed by atoms with van der Waals surface area (Å²) in [4.78, 5) is 2.32. The maximum absolute atomic E-state index is 3.53. The Morgan fingerprint density at radius 2 is 1.00 bits per heavy atom. The topological polar surface area (TPSA) is 3.24 Å². The number of aryl methyl sites for hydroxylation is 3. The minimum absolute atomic E-state index is 1.08. The molecule has 0 aliphatic heterocycles. The summed E-state index contributed by atoms with van der Waals surface area (Å²) in [6.45, 7) is 6.51. The standard InChI is InChI=1S/C21H19Br2N/c1-14-12-15(2)21(16(3)13-14)24(19-8-4-17(22)5-9-19)20-10-6-18(23)7-11-20/h4-13H,1-3H3. The van der Waals surface area contributed by atoms with E-state index < -0.39 is 0 Å². The van der Waals surface area contributed by atoms with E-state index in [1.54, 1.807) is 0 Å². The molecule has 1 nitrogen and oxygen atoms in total. The van der Waals surface area contributed by atoms with Crippen LogP contribution < -0.4 is 4.90 Å². The van der Waals surface area contributed by atoms with Gasteiger partial charge < -0.3 is 4.90 Å². The molecule has 0 saturated carbocycles. The van der Waals surface area contributed by atoms with E-state index in [1.807, 2.05) is 0 Å². The second-order valence-corrected chi connectivity index (χ2v) is 7.87. The lowest BCUT2D eigenvalue weighted by Gasteiger charge is -2.29. The van der Waals surface area contributed by atoms with Gasteiger partial charge in [0, 0.05) is 20.3 Å². The Hall–Kier alpha value is -1.58. The van der Waals surface area contributed by atoms with Crippen molar-refractivity contribution in [2.24, 2.45) is 0 Å². The number of halogens is 2. The van der Waals surface area contributed by atoms with Gasteiger partial charge in [0.1, 0.15) is 0 Å². The van der Waals surface area contributed by atoms with Gasteiger partial charge in [-0.15, -0.1) is 0 Å². The lowest BCUT2D eigenvalue weighted by Crippen LogP contribution is -2.13. The molecule has 0 radical (unpaired) electrons. The van der Waals surface area contributed by atoms with Gasteiger partial charge in [0.25, 0.3) is 0 Å². The van der Waals surface area contributed by atoms with Crippen LogP contribution in [0.15, 0.2) is 69.6 Å². The fraction of sp³-hybridized carbons (Fsp3) is 0.143. The lowest BCUT2D eigenvalue weighted by molar-refractivity contribution is 1.20. The highest BCUT2D eigenvalue weighted by molar-refractivity contribution is 9.10. The Morgan fingerprint density at radius 1 is 0.625 bits per heavy atom. The van der Waals surface area contributed by atoms with Gasteiger partial charge in [-0.05, 0) is 80.4 Å². The van der Waals surface area contributed by atoms with Crippen molar-refractivity contribution in [1.82, 2.24) is 0 Å². The van der Waals surface area contributed by atoms with E-state index in [0.717, 1.165) is 20.3 Å². The van der Waals surface area contributed by atoms with Crippen molar-refractivity contribution in [1.29, 1.82) is 0 Å². The third-order valence-electron chi connectivity index (χ3n) is 4.03. The number of benzene rings is 3. The van der Waals surface area contributed by atoms with Crippen molar-refractivity contribution in [2.45, 2.75) is 20.8 Å². The molecule has 0 heterocycles. The number of rotatable bonds is 3. The average Bonchev–Trinajstić information content (AvgIpc) is 2.53. The third kappa shape index (κ3) is 3.57. The first-order valence-electron chi connectivity index (χ1n) is 7.85. The van der Waals surface area contributed by atoms with Gasteiger partial charge in [0.05, 0.1) is 5.69 Å². The van der Waals surface area contributed by atoms with Crippen molar-refractivity contribution in [3.63, 3.8) is 0 Å². The summed E-state index contributed by atoms with van der Waals surface area (Å²) in [5.41, 5.74) is 7.38. The molecule has 3 aromatic carbocycles. The molecule has 0 atom stereocenters. The van der Waals surface area contributed by atoms with Gasteiger partial charge in [0.2, 0.25) is 0 Å². The maximum Gasteiger partial charge on any atom is 0.0520 e. The summed E-state index contributed by atoms with van der Waals surface area (Å²) >= 11 is 7.06. The molecular weight excluding hydrogens is 426 g/mol. The maximum atomic E-state index is 3.53. The van der Waals surface area contributed by atoms with Crippen LogP contribution in [0.25, 0.3) is 0 Å². The summed E-state index contributed by atoms with van der Waals surface area (Å²) in [5.74, 6) is 0. The molecule has 0 aliphatic rings. The van der Waals surface area contributed by atoms with Crippen LogP contribution in [-0.2, 0) is 0 Å². The smallest absolute Gasteiger partial charge is 0.0520 e. The lowest BCUT2D eigenvalue weighted by atomic mass is 10.0. The quantitative estimate of drug-likeness (QED) is 0.401. The second-order valence-electron chi connectivity index (χ2n) is 6.04. The molecule has 3 aromatic rings.